The summed E-state index contributed by atoms with van der Waals surface area (Å²) in [6.45, 7) is 2.08. The van der Waals surface area contributed by atoms with Crippen molar-refractivity contribution in [3.05, 3.63) is 53.9 Å². The molecule has 0 unspecified atom stereocenters. The molecule has 0 saturated carbocycles. The number of H-pyrrole nitrogens is 1. The van der Waals surface area contributed by atoms with Crippen LogP contribution in [-0.4, -0.2) is 21.0 Å². The van der Waals surface area contributed by atoms with E-state index in [0.717, 1.165) is 27.7 Å². The molecule has 0 aliphatic heterocycles. The lowest BCUT2D eigenvalue weighted by Gasteiger charge is -2.00. The molecular weight excluding hydrogens is 264 g/mol. The highest BCUT2D eigenvalue weighted by molar-refractivity contribution is 5.90. The van der Waals surface area contributed by atoms with Crippen molar-refractivity contribution in [2.75, 3.05) is 0 Å². The molecule has 0 saturated heterocycles. The smallest absolute Gasteiger partial charge is 0.303 e. The van der Waals surface area contributed by atoms with Gasteiger partial charge >= 0.3 is 5.97 Å². The molecule has 2 aromatic heterocycles. The van der Waals surface area contributed by atoms with Crippen molar-refractivity contribution < 1.29 is 9.90 Å². The second-order valence-corrected chi connectivity index (χ2v) is 5.13. The van der Waals surface area contributed by atoms with E-state index in [0.29, 0.717) is 6.42 Å². The standard InChI is InChI=1S/C17H16N2O2/c1-11-14-10-12(3-5-16(20)21)2-4-15(14)19-17(11)13-6-8-18-9-7-13/h2,4,6-10,19H,3,5H2,1H3,(H,20,21). The number of aromatic nitrogens is 2. The van der Waals surface area contributed by atoms with Crippen molar-refractivity contribution in [2.45, 2.75) is 19.8 Å². The number of hydrogen-bond donors (Lipinski definition) is 2. The van der Waals surface area contributed by atoms with Gasteiger partial charge in [-0.15, -0.1) is 0 Å². The minimum atomic E-state index is -0.765. The topological polar surface area (TPSA) is 66.0 Å². The molecule has 1 aromatic carbocycles. The quantitative estimate of drug-likeness (QED) is 0.768. The van der Waals surface area contributed by atoms with E-state index in [9.17, 15) is 4.79 Å². The van der Waals surface area contributed by atoms with Gasteiger partial charge in [-0.25, -0.2) is 0 Å². The second kappa shape index (κ2) is 5.40. The first kappa shape index (κ1) is 13.4. The van der Waals surface area contributed by atoms with Crippen molar-refractivity contribution in [3.63, 3.8) is 0 Å². The molecule has 0 radical (unpaired) electrons. The van der Waals surface area contributed by atoms with Crippen LogP contribution in [0.15, 0.2) is 42.7 Å². The molecule has 0 spiro atoms. The van der Waals surface area contributed by atoms with Crippen molar-refractivity contribution in [2.24, 2.45) is 0 Å². The van der Waals surface area contributed by atoms with E-state index in [1.165, 1.54) is 5.56 Å². The first-order valence-electron chi connectivity index (χ1n) is 6.88. The Morgan fingerprint density at radius 1 is 1.24 bits per heavy atom. The van der Waals surface area contributed by atoms with Crippen LogP contribution in [0, 0.1) is 6.92 Å². The Labute approximate surface area is 122 Å². The monoisotopic (exact) mass is 280 g/mol. The summed E-state index contributed by atoms with van der Waals surface area (Å²) in [6, 6.07) is 10.0. The van der Waals surface area contributed by atoms with Crippen LogP contribution in [0.25, 0.3) is 22.2 Å². The second-order valence-electron chi connectivity index (χ2n) is 5.13. The molecule has 21 heavy (non-hydrogen) atoms. The minimum Gasteiger partial charge on any atom is -0.481 e. The van der Waals surface area contributed by atoms with Crippen LogP contribution in [0.3, 0.4) is 0 Å². The third-order valence-electron chi connectivity index (χ3n) is 3.72. The van der Waals surface area contributed by atoms with Crippen LogP contribution in [0.1, 0.15) is 17.5 Å². The maximum atomic E-state index is 10.7. The molecule has 2 N–H and O–H groups in total. The number of carboxylic acid groups (broad SMARTS) is 1. The summed E-state index contributed by atoms with van der Waals surface area (Å²) >= 11 is 0. The van der Waals surface area contributed by atoms with E-state index in [2.05, 4.69) is 23.0 Å². The van der Waals surface area contributed by atoms with Crippen molar-refractivity contribution >= 4 is 16.9 Å². The summed E-state index contributed by atoms with van der Waals surface area (Å²) in [6.07, 6.45) is 4.27. The number of aryl methyl sites for hydroxylation is 2. The average Bonchev–Trinajstić information content (AvgIpc) is 2.83. The molecular formula is C17H16N2O2. The summed E-state index contributed by atoms with van der Waals surface area (Å²) < 4.78 is 0. The number of pyridine rings is 1. The summed E-state index contributed by atoms with van der Waals surface area (Å²) in [5.41, 5.74) is 5.48. The van der Waals surface area contributed by atoms with Gasteiger partial charge in [0, 0.05) is 41.0 Å². The van der Waals surface area contributed by atoms with E-state index in [1.807, 2.05) is 24.3 Å². The first-order chi connectivity index (χ1) is 10.1. The molecule has 4 nitrogen and oxygen atoms in total. The number of benzene rings is 1. The Morgan fingerprint density at radius 2 is 2.00 bits per heavy atom. The number of carboxylic acids is 1. The molecule has 0 bridgehead atoms. The zero-order chi connectivity index (χ0) is 14.8. The molecule has 0 amide bonds. The summed E-state index contributed by atoms with van der Waals surface area (Å²) in [4.78, 5) is 18.1. The Balaban J connectivity index is 2.02. The van der Waals surface area contributed by atoms with Gasteiger partial charge in [-0.2, -0.15) is 0 Å². The highest BCUT2D eigenvalue weighted by Crippen LogP contribution is 2.30. The molecule has 4 heteroatoms. The van der Waals surface area contributed by atoms with Gasteiger partial charge in [0.25, 0.3) is 0 Å². The Hall–Kier alpha value is -2.62. The van der Waals surface area contributed by atoms with Crippen LogP contribution >= 0.6 is 0 Å². The maximum absolute atomic E-state index is 10.7. The highest BCUT2D eigenvalue weighted by Gasteiger charge is 2.10. The molecule has 2 heterocycles. The van der Waals surface area contributed by atoms with E-state index in [4.69, 9.17) is 5.11 Å². The summed E-state index contributed by atoms with van der Waals surface area (Å²) in [5.74, 6) is -0.765. The molecule has 0 aliphatic carbocycles. The number of fused-ring (bicyclic) bond motifs is 1. The molecule has 3 rings (SSSR count). The molecule has 106 valence electrons. The van der Waals surface area contributed by atoms with Gasteiger partial charge in [0.2, 0.25) is 0 Å². The lowest BCUT2D eigenvalue weighted by Crippen LogP contribution is -1.97. The average molecular weight is 280 g/mol. The van der Waals surface area contributed by atoms with Crippen LogP contribution in [0.5, 0.6) is 0 Å². The fraction of sp³-hybridized carbons (Fsp3) is 0.176. The van der Waals surface area contributed by atoms with Crippen LogP contribution < -0.4 is 0 Å². The fourth-order valence-electron chi connectivity index (χ4n) is 2.59. The van der Waals surface area contributed by atoms with Gasteiger partial charge in [-0.1, -0.05) is 6.07 Å². The minimum absolute atomic E-state index is 0.159. The summed E-state index contributed by atoms with van der Waals surface area (Å²) in [5, 5.41) is 9.93. The third-order valence-corrected chi connectivity index (χ3v) is 3.72. The highest BCUT2D eigenvalue weighted by atomic mass is 16.4. The van der Waals surface area contributed by atoms with Crippen LogP contribution in [0.2, 0.25) is 0 Å². The first-order valence-corrected chi connectivity index (χ1v) is 6.88. The molecule has 0 atom stereocenters. The van der Waals surface area contributed by atoms with Crippen LogP contribution in [0.4, 0.5) is 0 Å². The zero-order valence-electron chi connectivity index (χ0n) is 11.8. The Kier molecular flexibility index (Phi) is 3.44. The van der Waals surface area contributed by atoms with Gasteiger partial charge < -0.3 is 10.1 Å². The number of aliphatic carboxylic acids is 1. The lowest BCUT2D eigenvalue weighted by atomic mass is 10.0. The normalized spacial score (nSPS) is 10.9. The fourth-order valence-corrected chi connectivity index (χ4v) is 2.59. The van der Waals surface area contributed by atoms with Crippen molar-refractivity contribution in [1.29, 1.82) is 0 Å². The predicted octanol–water partition coefficient (Wildman–Crippen LogP) is 3.56. The maximum Gasteiger partial charge on any atom is 0.303 e. The Bertz CT molecular complexity index is 791. The largest absolute Gasteiger partial charge is 0.481 e. The van der Waals surface area contributed by atoms with Gasteiger partial charge in [-0.05, 0) is 48.7 Å². The van der Waals surface area contributed by atoms with E-state index < -0.39 is 5.97 Å². The van der Waals surface area contributed by atoms with Crippen molar-refractivity contribution in [1.82, 2.24) is 9.97 Å². The van der Waals surface area contributed by atoms with E-state index in [1.54, 1.807) is 12.4 Å². The van der Waals surface area contributed by atoms with E-state index in [-0.39, 0.29) is 6.42 Å². The molecule has 0 fully saturated rings. The predicted molar refractivity (Wildman–Crippen MR) is 82.2 cm³/mol. The number of aromatic amines is 1. The molecule has 0 aliphatic rings. The van der Waals surface area contributed by atoms with E-state index >= 15 is 0 Å². The van der Waals surface area contributed by atoms with Gasteiger partial charge in [0.05, 0.1) is 0 Å². The Morgan fingerprint density at radius 3 is 2.71 bits per heavy atom. The number of rotatable bonds is 4. The zero-order valence-corrected chi connectivity index (χ0v) is 11.8. The molecule has 3 aromatic rings. The SMILES string of the molecule is Cc1c(-c2ccncc2)[nH]c2ccc(CCC(=O)O)cc12. The summed E-state index contributed by atoms with van der Waals surface area (Å²) in [7, 11) is 0. The number of carbonyl (C=O) groups is 1. The third kappa shape index (κ3) is 2.65. The van der Waals surface area contributed by atoms with Gasteiger partial charge in [-0.3, -0.25) is 9.78 Å². The van der Waals surface area contributed by atoms with Gasteiger partial charge in [0.15, 0.2) is 0 Å². The number of nitrogens with one attached hydrogen (secondary N) is 1. The number of hydrogen-bond acceptors (Lipinski definition) is 2. The van der Waals surface area contributed by atoms with Crippen molar-refractivity contribution in [3.8, 4) is 11.3 Å². The number of nitrogens with zero attached hydrogens (tertiary/aromatic N) is 1. The van der Waals surface area contributed by atoms with Crippen LogP contribution in [-0.2, 0) is 11.2 Å². The van der Waals surface area contributed by atoms with Gasteiger partial charge in [0.1, 0.15) is 0 Å². The lowest BCUT2D eigenvalue weighted by molar-refractivity contribution is -0.136.